The summed E-state index contributed by atoms with van der Waals surface area (Å²) in [6.07, 6.45) is 3.64. The third kappa shape index (κ3) is 3.59. The molecule has 1 fully saturated rings. The monoisotopic (exact) mass is 230 g/mol. The van der Waals surface area contributed by atoms with Gasteiger partial charge in [-0.25, -0.2) is 4.79 Å². The molecule has 0 radical (unpaired) electrons. The highest BCUT2D eigenvalue weighted by Crippen LogP contribution is 2.29. The van der Waals surface area contributed by atoms with Crippen LogP contribution in [0.4, 0.5) is 4.79 Å². The van der Waals surface area contributed by atoms with Crippen LogP contribution in [0, 0.1) is 0 Å². The molecule has 0 heterocycles. The van der Waals surface area contributed by atoms with Crippen LogP contribution in [0.15, 0.2) is 0 Å². The zero-order chi connectivity index (χ0) is 11.3. The molecular weight excluding hydrogens is 208 g/mol. The maximum atomic E-state index is 11.7. The van der Waals surface area contributed by atoms with Gasteiger partial charge in [0.1, 0.15) is 0 Å². The third-order valence-electron chi connectivity index (χ3n) is 2.96. The highest BCUT2D eigenvalue weighted by Gasteiger charge is 2.28. The number of hydrogen-bond acceptors (Lipinski definition) is 2. The van der Waals surface area contributed by atoms with Crippen molar-refractivity contribution in [2.45, 2.75) is 44.4 Å². The van der Waals surface area contributed by atoms with Crippen LogP contribution in [-0.2, 0) is 0 Å². The number of hydrogen-bond donors (Lipinski definition) is 1. The van der Waals surface area contributed by atoms with Crippen molar-refractivity contribution in [1.29, 1.82) is 0 Å². The van der Waals surface area contributed by atoms with E-state index in [4.69, 9.17) is 0 Å². The molecule has 3 nitrogen and oxygen atoms in total. The van der Waals surface area contributed by atoms with Gasteiger partial charge in [0.15, 0.2) is 0 Å². The van der Waals surface area contributed by atoms with E-state index in [9.17, 15) is 4.79 Å². The predicted octanol–water partition coefficient (Wildman–Crippen LogP) is 2.32. The van der Waals surface area contributed by atoms with Gasteiger partial charge in [-0.2, -0.15) is 11.8 Å². The van der Waals surface area contributed by atoms with Crippen molar-refractivity contribution in [3.05, 3.63) is 0 Å². The summed E-state index contributed by atoms with van der Waals surface area (Å²) in [5.41, 5.74) is 0. The highest BCUT2D eigenvalue weighted by molar-refractivity contribution is 7.99. The third-order valence-corrected chi connectivity index (χ3v) is 4.29. The van der Waals surface area contributed by atoms with Crippen LogP contribution in [0.5, 0.6) is 0 Å². The normalized spacial score (nSPS) is 25.3. The van der Waals surface area contributed by atoms with Crippen molar-refractivity contribution in [3.63, 3.8) is 0 Å². The molecule has 1 aliphatic rings. The Balaban J connectivity index is 2.39. The van der Waals surface area contributed by atoms with E-state index in [0.29, 0.717) is 11.3 Å². The Hall–Kier alpha value is -0.380. The number of carbonyl (C=O) groups is 1. The topological polar surface area (TPSA) is 32.3 Å². The SMILES string of the molecule is CCSC1CCCC1NC(=O)N(C)CC. The smallest absolute Gasteiger partial charge is 0.317 e. The molecule has 0 bridgehead atoms. The average molecular weight is 230 g/mol. The van der Waals surface area contributed by atoms with Gasteiger partial charge in [0.05, 0.1) is 0 Å². The minimum atomic E-state index is 0.0751. The molecule has 4 heteroatoms. The lowest BCUT2D eigenvalue weighted by atomic mass is 10.2. The Bertz CT molecular complexity index is 211. The molecule has 1 N–H and O–H groups in total. The molecule has 88 valence electrons. The fourth-order valence-corrected chi connectivity index (χ4v) is 3.12. The Morgan fingerprint density at radius 1 is 1.47 bits per heavy atom. The van der Waals surface area contributed by atoms with Gasteiger partial charge < -0.3 is 10.2 Å². The predicted molar refractivity (Wildman–Crippen MR) is 66.4 cm³/mol. The van der Waals surface area contributed by atoms with Crippen LogP contribution in [0.1, 0.15) is 33.1 Å². The zero-order valence-corrected chi connectivity index (χ0v) is 10.8. The van der Waals surface area contributed by atoms with E-state index in [2.05, 4.69) is 12.2 Å². The highest BCUT2D eigenvalue weighted by atomic mass is 32.2. The van der Waals surface area contributed by atoms with E-state index in [1.165, 1.54) is 12.8 Å². The first-order valence-corrected chi connectivity index (χ1v) is 6.87. The first-order chi connectivity index (χ1) is 7.19. The summed E-state index contributed by atoms with van der Waals surface area (Å²) < 4.78 is 0. The van der Waals surface area contributed by atoms with Crippen LogP contribution in [0.2, 0.25) is 0 Å². The maximum absolute atomic E-state index is 11.7. The summed E-state index contributed by atoms with van der Waals surface area (Å²) in [7, 11) is 1.84. The Morgan fingerprint density at radius 2 is 2.20 bits per heavy atom. The summed E-state index contributed by atoms with van der Waals surface area (Å²) >= 11 is 1.98. The Labute approximate surface area is 97.0 Å². The molecule has 0 aromatic heterocycles. The van der Waals surface area contributed by atoms with E-state index in [0.717, 1.165) is 18.7 Å². The van der Waals surface area contributed by atoms with Gasteiger partial charge in [-0.3, -0.25) is 0 Å². The molecule has 2 amide bonds. The number of nitrogens with one attached hydrogen (secondary N) is 1. The minimum absolute atomic E-state index is 0.0751. The molecule has 0 aliphatic heterocycles. The summed E-state index contributed by atoms with van der Waals surface area (Å²) in [6.45, 7) is 4.94. The zero-order valence-electron chi connectivity index (χ0n) is 9.95. The fraction of sp³-hybridized carbons (Fsp3) is 0.909. The van der Waals surface area contributed by atoms with E-state index in [1.807, 2.05) is 25.7 Å². The fourth-order valence-electron chi connectivity index (χ4n) is 1.92. The second kappa shape index (κ2) is 6.26. The minimum Gasteiger partial charge on any atom is -0.334 e. The summed E-state index contributed by atoms with van der Waals surface area (Å²) in [5.74, 6) is 1.14. The number of nitrogens with zero attached hydrogens (tertiary/aromatic N) is 1. The van der Waals surface area contributed by atoms with Gasteiger partial charge in [-0.1, -0.05) is 13.3 Å². The van der Waals surface area contributed by atoms with Crippen LogP contribution in [-0.4, -0.2) is 41.6 Å². The molecular formula is C11H22N2OS. The molecule has 1 aliphatic carbocycles. The molecule has 1 saturated carbocycles. The number of thioether (sulfide) groups is 1. The summed E-state index contributed by atoms with van der Waals surface area (Å²) in [4.78, 5) is 13.4. The van der Waals surface area contributed by atoms with Gasteiger partial charge in [0.25, 0.3) is 0 Å². The van der Waals surface area contributed by atoms with E-state index in [-0.39, 0.29) is 6.03 Å². The number of urea groups is 1. The number of rotatable bonds is 4. The van der Waals surface area contributed by atoms with Gasteiger partial charge in [-0.05, 0) is 25.5 Å². The van der Waals surface area contributed by atoms with Crippen LogP contribution in [0.25, 0.3) is 0 Å². The molecule has 0 saturated heterocycles. The van der Waals surface area contributed by atoms with Crippen molar-refractivity contribution >= 4 is 17.8 Å². The first kappa shape index (κ1) is 12.7. The van der Waals surface area contributed by atoms with Crippen LogP contribution < -0.4 is 5.32 Å². The molecule has 0 aromatic rings. The standard InChI is InChI=1S/C11H22N2OS/c1-4-13(3)11(14)12-9-7-6-8-10(9)15-5-2/h9-10H,4-8H2,1-3H3,(H,12,14). The van der Waals surface area contributed by atoms with Gasteiger partial charge >= 0.3 is 6.03 Å². The summed E-state index contributed by atoms with van der Waals surface area (Å²) in [5, 5.41) is 3.76. The lowest BCUT2D eigenvalue weighted by Crippen LogP contribution is -2.45. The van der Waals surface area contributed by atoms with Gasteiger partial charge in [0.2, 0.25) is 0 Å². The van der Waals surface area contributed by atoms with Crippen molar-refractivity contribution in [2.75, 3.05) is 19.3 Å². The van der Waals surface area contributed by atoms with E-state index >= 15 is 0 Å². The lowest BCUT2D eigenvalue weighted by Gasteiger charge is -2.23. The lowest BCUT2D eigenvalue weighted by molar-refractivity contribution is 0.207. The van der Waals surface area contributed by atoms with Gasteiger partial charge in [-0.15, -0.1) is 0 Å². The molecule has 15 heavy (non-hydrogen) atoms. The van der Waals surface area contributed by atoms with Crippen LogP contribution in [0.3, 0.4) is 0 Å². The molecule has 2 atom stereocenters. The summed E-state index contributed by atoms with van der Waals surface area (Å²) in [6, 6.07) is 0.461. The second-order valence-electron chi connectivity index (χ2n) is 3.99. The Morgan fingerprint density at radius 3 is 2.80 bits per heavy atom. The van der Waals surface area contributed by atoms with Crippen LogP contribution >= 0.6 is 11.8 Å². The molecule has 0 spiro atoms. The van der Waals surface area contributed by atoms with Crippen molar-refractivity contribution in [1.82, 2.24) is 10.2 Å². The maximum Gasteiger partial charge on any atom is 0.317 e. The number of amides is 2. The molecule has 0 aromatic carbocycles. The van der Waals surface area contributed by atoms with Gasteiger partial charge in [0, 0.05) is 24.9 Å². The van der Waals surface area contributed by atoms with Crippen molar-refractivity contribution in [3.8, 4) is 0 Å². The van der Waals surface area contributed by atoms with E-state index in [1.54, 1.807) is 4.90 Å². The van der Waals surface area contributed by atoms with Crippen molar-refractivity contribution < 1.29 is 4.79 Å². The van der Waals surface area contributed by atoms with E-state index < -0.39 is 0 Å². The first-order valence-electron chi connectivity index (χ1n) is 5.82. The van der Waals surface area contributed by atoms with Crippen molar-refractivity contribution in [2.24, 2.45) is 0 Å². The largest absolute Gasteiger partial charge is 0.334 e. The molecule has 1 rings (SSSR count). The Kier molecular flexibility index (Phi) is 5.29. The average Bonchev–Trinajstić information content (AvgIpc) is 2.65. The molecule has 2 unspecified atom stereocenters. The number of carbonyl (C=O) groups excluding carboxylic acids is 1. The second-order valence-corrected chi connectivity index (χ2v) is 5.51. The quantitative estimate of drug-likeness (QED) is 0.804.